The highest BCUT2D eigenvalue weighted by atomic mass is 35.5. The second-order valence-electron chi connectivity index (χ2n) is 4.33. The molecule has 0 aliphatic heterocycles. The van der Waals surface area contributed by atoms with Crippen molar-refractivity contribution < 1.29 is 14.3 Å². The molecule has 0 amide bonds. The molecule has 0 aliphatic rings. The van der Waals surface area contributed by atoms with E-state index in [4.69, 9.17) is 21.1 Å². The molecule has 6 heteroatoms. The number of carbonyl (C=O) groups is 1. The maximum atomic E-state index is 10.4. The maximum Gasteiger partial charge on any atom is 0.303 e. The molecule has 0 saturated heterocycles. The number of aliphatic carboxylic acids is 1. The van der Waals surface area contributed by atoms with E-state index in [1.807, 2.05) is 12.1 Å². The van der Waals surface area contributed by atoms with Gasteiger partial charge in [0.25, 0.3) is 0 Å². The van der Waals surface area contributed by atoms with Crippen LogP contribution in [0, 0.1) is 0 Å². The number of nitrogens with zero attached hydrogens (tertiary/aromatic N) is 1. The van der Waals surface area contributed by atoms with Crippen LogP contribution in [0.25, 0.3) is 11.5 Å². The van der Waals surface area contributed by atoms with Gasteiger partial charge in [0.05, 0.1) is 5.69 Å². The normalized spacial score (nSPS) is 10.7. The van der Waals surface area contributed by atoms with E-state index >= 15 is 0 Å². The smallest absolute Gasteiger partial charge is 0.303 e. The molecule has 0 saturated carbocycles. The zero-order chi connectivity index (χ0) is 14.4. The maximum absolute atomic E-state index is 10.4. The first-order valence-electron chi connectivity index (χ1n) is 6.28. The van der Waals surface area contributed by atoms with Crippen molar-refractivity contribution in [3.63, 3.8) is 0 Å². The quantitative estimate of drug-likeness (QED) is 0.768. The Bertz CT molecular complexity index is 583. The van der Waals surface area contributed by atoms with Crippen molar-refractivity contribution in [1.29, 1.82) is 0 Å². The van der Waals surface area contributed by atoms with Crippen LogP contribution in [0.4, 0.5) is 0 Å². The van der Waals surface area contributed by atoms with Gasteiger partial charge in [0.15, 0.2) is 0 Å². The number of carboxylic acids is 1. The van der Waals surface area contributed by atoms with Gasteiger partial charge >= 0.3 is 5.97 Å². The fourth-order valence-electron chi connectivity index (χ4n) is 1.72. The predicted molar refractivity (Wildman–Crippen MR) is 75.5 cm³/mol. The predicted octanol–water partition coefficient (Wildman–Crippen LogP) is 2.95. The number of benzene rings is 1. The highest BCUT2D eigenvalue weighted by molar-refractivity contribution is 6.30. The van der Waals surface area contributed by atoms with Gasteiger partial charge < -0.3 is 14.8 Å². The average molecular weight is 295 g/mol. The lowest BCUT2D eigenvalue weighted by Crippen LogP contribution is -2.15. The van der Waals surface area contributed by atoms with Crippen LogP contribution in [0.3, 0.4) is 0 Å². The summed E-state index contributed by atoms with van der Waals surface area (Å²) in [7, 11) is 0. The number of carboxylic acid groups (broad SMARTS) is 1. The number of aromatic nitrogens is 1. The first kappa shape index (κ1) is 14.6. The Morgan fingerprint density at radius 3 is 3.05 bits per heavy atom. The summed E-state index contributed by atoms with van der Waals surface area (Å²) < 4.78 is 5.40. The summed E-state index contributed by atoms with van der Waals surface area (Å²) in [5.41, 5.74) is 1.60. The van der Waals surface area contributed by atoms with Gasteiger partial charge in [-0.15, -0.1) is 0 Å². The van der Waals surface area contributed by atoms with Gasteiger partial charge in [-0.2, -0.15) is 0 Å². The molecule has 0 unspecified atom stereocenters. The van der Waals surface area contributed by atoms with Gasteiger partial charge in [0.2, 0.25) is 5.89 Å². The third-order valence-electron chi connectivity index (χ3n) is 2.67. The van der Waals surface area contributed by atoms with Crippen molar-refractivity contribution in [3.8, 4) is 11.5 Å². The summed E-state index contributed by atoms with van der Waals surface area (Å²) in [5.74, 6) is -0.258. The zero-order valence-corrected chi connectivity index (χ0v) is 11.6. The van der Waals surface area contributed by atoms with Crippen molar-refractivity contribution in [1.82, 2.24) is 10.3 Å². The summed E-state index contributed by atoms with van der Waals surface area (Å²) in [4.78, 5) is 14.7. The van der Waals surface area contributed by atoms with Crippen molar-refractivity contribution in [2.24, 2.45) is 0 Å². The van der Waals surface area contributed by atoms with Crippen LogP contribution < -0.4 is 5.32 Å². The molecule has 0 aliphatic carbocycles. The van der Waals surface area contributed by atoms with Crippen molar-refractivity contribution in [3.05, 3.63) is 41.2 Å². The topological polar surface area (TPSA) is 75.4 Å². The minimum atomic E-state index is -0.781. The van der Waals surface area contributed by atoms with E-state index < -0.39 is 5.97 Å². The Morgan fingerprint density at radius 1 is 1.45 bits per heavy atom. The third-order valence-corrected chi connectivity index (χ3v) is 2.91. The highest BCUT2D eigenvalue weighted by Crippen LogP contribution is 2.21. The van der Waals surface area contributed by atoms with E-state index in [1.165, 1.54) is 0 Å². The standard InChI is InChI=1S/C14H15ClN2O3/c15-11-4-1-3-10(7-11)14-17-12(9-20-14)8-16-6-2-5-13(18)19/h1,3-4,7,9,16H,2,5-6,8H2,(H,18,19). The summed E-state index contributed by atoms with van der Waals surface area (Å²) in [6.07, 6.45) is 2.34. The fourth-order valence-corrected chi connectivity index (χ4v) is 1.91. The van der Waals surface area contributed by atoms with Gasteiger partial charge in [-0.05, 0) is 31.2 Å². The lowest BCUT2D eigenvalue weighted by Gasteiger charge is -1.99. The van der Waals surface area contributed by atoms with Crippen LogP contribution in [0.5, 0.6) is 0 Å². The van der Waals surface area contributed by atoms with Crippen LogP contribution in [-0.2, 0) is 11.3 Å². The number of oxazole rings is 1. The molecule has 106 valence electrons. The molecule has 0 fully saturated rings. The number of halogens is 1. The first-order valence-corrected chi connectivity index (χ1v) is 6.66. The Hall–Kier alpha value is -1.85. The molecule has 2 aromatic rings. The third kappa shape index (κ3) is 4.36. The van der Waals surface area contributed by atoms with Crippen LogP contribution in [-0.4, -0.2) is 22.6 Å². The van der Waals surface area contributed by atoms with E-state index in [0.717, 1.165) is 11.3 Å². The molecule has 1 heterocycles. The largest absolute Gasteiger partial charge is 0.481 e. The highest BCUT2D eigenvalue weighted by Gasteiger charge is 2.06. The van der Waals surface area contributed by atoms with Crippen LogP contribution in [0.2, 0.25) is 5.02 Å². The Kier molecular flexibility index (Phi) is 5.15. The zero-order valence-electron chi connectivity index (χ0n) is 10.8. The van der Waals surface area contributed by atoms with E-state index in [1.54, 1.807) is 18.4 Å². The molecule has 0 atom stereocenters. The van der Waals surface area contributed by atoms with E-state index in [-0.39, 0.29) is 6.42 Å². The molecule has 2 rings (SSSR count). The van der Waals surface area contributed by atoms with E-state index in [9.17, 15) is 4.79 Å². The molecule has 20 heavy (non-hydrogen) atoms. The molecule has 5 nitrogen and oxygen atoms in total. The molecule has 0 spiro atoms. The summed E-state index contributed by atoms with van der Waals surface area (Å²) in [6, 6.07) is 7.30. The fraction of sp³-hybridized carbons (Fsp3) is 0.286. The van der Waals surface area contributed by atoms with E-state index in [0.29, 0.717) is 30.4 Å². The molecule has 0 bridgehead atoms. The van der Waals surface area contributed by atoms with E-state index in [2.05, 4.69) is 10.3 Å². The summed E-state index contributed by atoms with van der Waals surface area (Å²) in [5, 5.41) is 12.3. The molecule has 1 aromatic carbocycles. The summed E-state index contributed by atoms with van der Waals surface area (Å²) >= 11 is 5.92. The molecule has 2 N–H and O–H groups in total. The molecular weight excluding hydrogens is 280 g/mol. The molecular formula is C14H15ClN2O3. The minimum absolute atomic E-state index is 0.166. The van der Waals surface area contributed by atoms with Gasteiger partial charge in [0.1, 0.15) is 6.26 Å². The van der Waals surface area contributed by atoms with Gasteiger partial charge in [-0.25, -0.2) is 4.98 Å². The lowest BCUT2D eigenvalue weighted by molar-refractivity contribution is -0.137. The Balaban J connectivity index is 1.85. The number of hydrogen-bond acceptors (Lipinski definition) is 4. The second kappa shape index (κ2) is 7.07. The van der Waals surface area contributed by atoms with Crippen LogP contribution in [0.1, 0.15) is 18.5 Å². The molecule has 1 aromatic heterocycles. The lowest BCUT2D eigenvalue weighted by atomic mass is 10.2. The average Bonchev–Trinajstić information content (AvgIpc) is 2.87. The Labute approximate surface area is 121 Å². The molecule has 0 radical (unpaired) electrons. The van der Waals surface area contributed by atoms with Crippen molar-refractivity contribution >= 4 is 17.6 Å². The van der Waals surface area contributed by atoms with Gasteiger partial charge in [-0.3, -0.25) is 4.79 Å². The minimum Gasteiger partial charge on any atom is -0.481 e. The number of rotatable bonds is 7. The summed E-state index contributed by atoms with van der Waals surface area (Å²) in [6.45, 7) is 1.18. The monoisotopic (exact) mass is 294 g/mol. The Morgan fingerprint density at radius 2 is 2.30 bits per heavy atom. The SMILES string of the molecule is O=C(O)CCCNCc1coc(-c2cccc(Cl)c2)n1. The van der Waals surface area contributed by atoms with Crippen molar-refractivity contribution in [2.75, 3.05) is 6.54 Å². The second-order valence-corrected chi connectivity index (χ2v) is 4.76. The van der Waals surface area contributed by atoms with Crippen LogP contribution >= 0.6 is 11.6 Å². The first-order chi connectivity index (χ1) is 9.65. The van der Waals surface area contributed by atoms with Gasteiger partial charge in [-0.1, -0.05) is 17.7 Å². The van der Waals surface area contributed by atoms with Crippen molar-refractivity contribution in [2.45, 2.75) is 19.4 Å². The number of nitrogens with one attached hydrogen (secondary N) is 1. The number of hydrogen-bond donors (Lipinski definition) is 2. The van der Waals surface area contributed by atoms with Gasteiger partial charge in [0, 0.05) is 23.6 Å². The van der Waals surface area contributed by atoms with Crippen LogP contribution in [0.15, 0.2) is 34.9 Å².